The molecule has 5 heteroatoms. The summed E-state index contributed by atoms with van der Waals surface area (Å²) in [4.78, 5) is -0.438. The fourth-order valence-electron chi connectivity index (χ4n) is 1.25. The van der Waals surface area contributed by atoms with E-state index in [2.05, 4.69) is 6.92 Å². The van der Waals surface area contributed by atoms with Crippen molar-refractivity contribution < 1.29 is 9.47 Å². The van der Waals surface area contributed by atoms with Gasteiger partial charge in [0.05, 0.1) is 31.3 Å². The van der Waals surface area contributed by atoms with Gasteiger partial charge in [0.25, 0.3) is 0 Å². The molecule has 92 valence electrons. The normalized spacial score (nSPS) is 12.0. The highest BCUT2D eigenvalue weighted by molar-refractivity contribution is 6.24. The zero-order valence-electron chi connectivity index (χ0n) is 9.11. The summed E-state index contributed by atoms with van der Waals surface area (Å²) in [5.74, 6) is 0.975. The maximum atomic E-state index is 6.37. The molecule has 0 N–H and O–H groups in total. The second-order valence-corrected chi connectivity index (χ2v) is 4.94. The Balaban J connectivity index is 3.83. The number of alkyl halides is 3. The molecule has 0 bridgehead atoms. The molecule has 0 radical (unpaired) electrons. The van der Waals surface area contributed by atoms with Crippen molar-refractivity contribution in [3.05, 3.63) is 0 Å². The van der Waals surface area contributed by atoms with E-state index >= 15 is 0 Å². The van der Waals surface area contributed by atoms with Crippen LogP contribution >= 0.6 is 34.8 Å². The Morgan fingerprint density at radius 1 is 1.00 bits per heavy atom. The molecular formula is C10H19Cl3O2. The summed E-state index contributed by atoms with van der Waals surface area (Å²) in [6, 6.07) is 0. The Morgan fingerprint density at radius 2 is 1.47 bits per heavy atom. The molecule has 0 rings (SSSR count). The lowest BCUT2D eigenvalue weighted by atomic mass is 10.1. The van der Waals surface area contributed by atoms with Crippen molar-refractivity contribution in [3.63, 3.8) is 0 Å². The monoisotopic (exact) mass is 276 g/mol. The molecule has 0 aromatic rings. The number of halogens is 3. The quantitative estimate of drug-likeness (QED) is 0.451. The van der Waals surface area contributed by atoms with Crippen LogP contribution < -0.4 is 0 Å². The second-order valence-electron chi connectivity index (χ2n) is 3.38. The predicted molar refractivity (Wildman–Crippen MR) is 66.6 cm³/mol. The maximum Gasteiger partial charge on any atom is 0.0911 e. The van der Waals surface area contributed by atoms with E-state index in [1.165, 1.54) is 0 Å². The summed E-state index contributed by atoms with van der Waals surface area (Å²) in [6.45, 7) is 4.07. The Hall–Kier alpha value is 0.790. The molecule has 0 aliphatic heterocycles. The van der Waals surface area contributed by atoms with Crippen molar-refractivity contribution in [2.24, 2.45) is 0 Å². The predicted octanol–water partition coefficient (Wildman–Crippen LogP) is 3.27. The van der Waals surface area contributed by atoms with Gasteiger partial charge in [-0.3, -0.25) is 0 Å². The van der Waals surface area contributed by atoms with E-state index in [0.29, 0.717) is 38.2 Å². The fraction of sp³-hybridized carbons (Fsp3) is 1.00. The van der Waals surface area contributed by atoms with Gasteiger partial charge in [-0.2, -0.15) is 0 Å². The first kappa shape index (κ1) is 15.8. The van der Waals surface area contributed by atoms with Crippen LogP contribution in [0.3, 0.4) is 0 Å². The van der Waals surface area contributed by atoms with Crippen LogP contribution in [0, 0.1) is 0 Å². The number of rotatable bonds is 10. The van der Waals surface area contributed by atoms with Crippen molar-refractivity contribution in [1.29, 1.82) is 0 Å². The van der Waals surface area contributed by atoms with Gasteiger partial charge in [0.1, 0.15) is 0 Å². The summed E-state index contributed by atoms with van der Waals surface area (Å²) in [5, 5.41) is 0. The summed E-state index contributed by atoms with van der Waals surface area (Å²) in [7, 11) is 0. The summed E-state index contributed by atoms with van der Waals surface area (Å²) in [5.41, 5.74) is 0. The van der Waals surface area contributed by atoms with Gasteiger partial charge in [-0.1, -0.05) is 13.3 Å². The van der Waals surface area contributed by atoms with Crippen molar-refractivity contribution >= 4 is 34.8 Å². The molecule has 0 aromatic heterocycles. The van der Waals surface area contributed by atoms with Gasteiger partial charge < -0.3 is 9.47 Å². The average Bonchev–Trinajstić information content (AvgIpc) is 2.19. The summed E-state index contributed by atoms with van der Waals surface area (Å²) >= 11 is 17.4. The third-order valence-corrected chi connectivity index (χ3v) is 2.58. The van der Waals surface area contributed by atoms with Crippen LogP contribution in [0.2, 0.25) is 0 Å². The van der Waals surface area contributed by atoms with E-state index in [9.17, 15) is 0 Å². The largest absolute Gasteiger partial charge is 0.378 e. The minimum Gasteiger partial charge on any atom is -0.378 e. The molecule has 0 aromatic carbocycles. The molecule has 0 spiro atoms. The Morgan fingerprint density at radius 3 is 1.80 bits per heavy atom. The highest BCUT2D eigenvalue weighted by Gasteiger charge is 2.27. The molecule has 0 unspecified atom stereocenters. The average molecular weight is 278 g/mol. The van der Waals surface area contributed by atoms with Crippen LogP contribution in [-0.4, -0.2) is 43.1 Å². The SMILES string of the molecule is CCCC(Cl)(COCCCl)COCCCl. The molecule has 15 heavy (non-hydrogen) atoms. The molecular weight excluding hydrogens is 258 g/mol. The van der Waals surface area contributed by atoms with Crippen LogP contribution in [0.1, 0.15) is 19.8 Å². The van der Waals surface area contributed by atoms with Gasteiger partial charge in [-0.05, 0) is 6.42 Å². The van der Waals surface area contributed by atoms with Crippen LogP contribution in [0.5, 0.6) is 0 Å². The van der Waals surface area contributed by atoms with Gasteiger partial charge in [-0.25, -0.2) is 0 Å². The smallest absolute Gasteiger partial charge is 0.0911 e. The standard InChI is InChI=1S/C10H19Cl3O2/c1-2-3-10(13,8-14-6-4-11)9-15-7-5-12/h2-9H2,1H3. The van der Waals surface area contributed by atoms with Gasteiger partial charge in [0.2, 0.25) is 0 Å². The zero-order chi connectivity index (χ0) is 11.6. The third-order valence-electron chi connectivity index (χ3n) is 1.86. The van der Waals surface area contributed by atoms with Gasteiger partial charge >= 0.3 is 0 Å². The summed E-state index contributed by atoms with van der Waals surface area (Å²) in [6.07, 6.45) is 1.86. The van der Waals surface area contributed by atoms with Crippen LogP contribution in [0.15, 0.2) is 0 Å². The second kappa shape index (κ2) is 9.98. The lowest BCUT2D eigenvalue weighted by molar-refractivity contribution is 0.0588. The molecule has 0 atom stereocenters. The minimum atomic E-state index is -0.438. The van der Waals surface area contributed by atoms with Gasteiger partial charge in [0.15, 0.2) is 0 Å². The van der Waals surface area contributed by atoms with E-state index in [-0.39, 0.29) is 0 Å². The summed E-state index contributed by atoms with van der Waals surface area (Å²) < 4.78 is 10.7. The fourth-order valence-corrected chi connectivity index (χ4v) is 1.81. The van der Waals surface area contributed by atoms with Gasteiger partial charge in [-0.15, -0.1) is 34.8 Å². The number of hydrogen-bond acceptors (Lipinski definition) is 2. The minimum absolute atomic E-state index is 0.438. The molecule has 0 saturated carbocycles. The Bertz CT molecular complexity index is 135. The van der Waals surface area contributed by atoms with Crippen LogP contribution in [0.4, 0.5) is 0 Å². The van der Waals surface area contributed by atoms with Crippen LogP contribution in [-0.2, 0) is 9.47 Å². The maximum absolute atomic E-state index is 6.37. The van der Waals surface area contributed by atoms with Crippen molar-refractivity contribution in [2.45, 2.75) is 24.6 Å². The highest BCUT2D eigenvalue weighted by atomic mass is 35.5. The Kier molecular flexibility index (Phi) is 10.5. The first-order valence-electron chi connectivity index (χ1n) is 5.15. The first-order valence-corrected chi connectivity index (χ1v) is 6.59. The molecule has 2 nitrogen and oxygen atoms in total. The van der Waals surface area contributed by atoms with Crippen molar-refractivity contribution in [1.82, 2.24) is 0 Å². The van der Waals surface area contributed by atoms with E-state index in [4.69, 9.17) is 44.3 Å². The Labute approximate surface area is 107 Å². The number of ether oxygens (including phenoxy) is 2. The third kappa shape index (κ3) is 8.58. The van der Waals surface area contributed by atoms with Crippen molar-refractivity contribution in [3.8, 4) is 0 Å². The van der Waals surface area contributed by atoms with E-state index in [1.54, 1.807) is 0 Å². The molecule has 0 amide bonds. The first-order chi connectivity index (χ1) is 7.18. The molecule has 0 fully saturated rings. The molecule has 0 saturated heterocycles. The van der Waals surface area contributed by atoms with E-state index < -0.39 is 4.87 Å². The molecule has 0 heterocycles. The van der Waals surface area contributed by atoms with E-state index in [0.717, 1.165) is 12.8 Å². The van der Waals surface area contributed by atoms with Crippen LogP contribution in [0.25, 0.3) is 0 Å². The topological polar surface area (TPSA) is 18.5 Å². The lowest BCUT2D eigenvalue weighted by Crippen LogP contribution is -2.34. The van der Waals surface area contributed by atoms with Gasteiger partial charge in [0, 0.05) is 11.8 Å². The zero-order valence-corrected chi connectivity index (χ0v) is 11.4. The molecule has 0 aliphatic carbocycles. The highest BCUT2D eigenvalue weighted by Crippen LogP contribution is 2.23. The lowest BCUT2D eigenvalue weighted by Gasteiger charge is -2.26. The van der Waals surface area contributed by atoms with E-state index in [1.807, 2.05) is 0 Å². The number of hydrogen-bond donors (Lipinski definition) is 0. The van der Waals surface area contributed by atoms with Crippen molar-refractivity contribution in [2.75, 3.05) is 38.2 Å². The molecule has 0 aliphatic rings.